The first kappa shape index (κ1) is 18.2. The van der Waals surface area contributed by atoms with Gasteiger partial charge in [-0.05, 0) is 35.9 Å². The Balaban J connectivity index is 1.64. The molecular formula is C21H19FN2O4. The first-order valence-corrected chi connectivity index (χ1v) is 9.03. The molecule has 0 saturated carbocycles. The maximum Gasteiger partial charge on any atom is 0.294 e. The number of halogens is 1. The van der Waals surface area contributed by atoms with Gasteiger partial charge in [0.2, 0.25) is 5.91 Å². The highest BCUT2D eigenvalue weighted by Gasteiger charge is 2.32. The van der Waals surface area contributed by atoms with Crippen molar-refractivity contribution in [1.82, 2.24) is 4.90 Å². The lowest BCUT2D eigenvalue weighted by molar-refractivity contribution is -0.135. The first-order chi connectivity index (χ1) is 13.6. The summed E-state index contributed by atoms with van der Waals surface area (Å²) in [6.07, 6.45) is 1.48. The van der Waals surface area contributed by atoms with E-state index in [2.05, 4.69) is 0 Å². The van der Waals surface area contributed by atoms with Crippen molar-refractivity contribution in [3.63, 3.8) is 0 Å². The zero-order valence-corrected chi connectivity index (χ0v) is 15.1. The van der Waals surface area contributed by atoms with Crippen molar-refractivity contribution in [3.8, 4) is 5.75 Å². The van der Waals surface area contributed by atoms with Crippen LogP contribution in [0.2, 0.25) is 0 Å². The summed E-state index contributed by atoms with van der Waals surface area (Å²) in [5.41, 5.74) is 1.03. The molecule has 7 heteroatoms. The quantitative estimate of drug-likeness (QED) is 0.766. The van der Waals surface area contributed by atoms with Crippen LogP contribution in [0.5, 0.6) is 5.75 Å². The van der Waals surface area contributed by atoms with Gasteiger partial charge in [0.05, 0.1) is 18.9 Å². The number of para-hydroxylation sites is 2. The van der Waals surface area contributed by atoms with Gasteiger partial charge in [0.25, 0.3) is 5.91 Å². The highest BCUT2D eigenvalue weighted by atomic mass is 19.1. The normalized spacial score (nSPS) is 18.0. The van der Waals surface area contributed by atoms with E-state index >= 15 is 0 Å². The first-order valence-electron chi connectivity index (χ1n) is 9.03. The maximum atomic E-state index is 13.5. The Morgan fingerprint density at radius 2 is 1.89 bits per heavy atom. The Morgan fingerprint density at radius 1 is 1.11 bits per heavy atom. The van der Waals surface area contributed by atoms with Crippen molar-refractivity contribution in [2.75, 3.05) is 37.7 Å². The molecule has 2 aromatic rings. The predicted molar refractivity (Wildman–Crippen MR) is 101 cm³/mol. The third-order valence-corrected chi connectivity index (χ3v) is 4.64. The molecule has 0 bridgehead atoms. The Labute approximate surface area is 161 Å². The molecule has 2 aliphatic rings. The average Bonchev–Trinajstić information content (AvgIpc) is 2.71. The molecule has 2 aliphatic heterocycles. The summed E-state index contributed by atoms with van der Waals surface area (Å²) in [4.78, 5) is 28.8. The number of carbonyl (C=O) groups excluding carboxylic acids is 2. The van der Waals surface area contributed by atoms with Gasteiger partial charge in [-0.3, -0.25) is 14.5 Å². The average molecular weight is 382 g/mol. The van der Waals surface area contributed by atoms with Crippen molar-refractivity contribution in [3.05, 3.63) is 65.7 Å². The number of ether oxygens (including phenoxy) is 2. The summed E-state index contributed by atoms with van der Waals surface area (Å²) in [5, 5.41) is 0. The molecule has 4 rings (SSSR count). The smallest absolute Gasteiger partial charge is 0.294 e. The van der Waals surface area contributed by atoms with E-state index in [4.69, 9.17) is 9.47 Å². The molecule has 1 saturated heterocycles. The van der Waals surface area contributed by atoms with Crippen molar-refractivity contribution < 1.29 is 23.5 Å². The van der Waals surface area contributed by atoms with E-state index in [1.807, 2.05) is 0 Å². The van der Waals surface area contributed by atoms with E-state index in [-0.39, 0.29) is 18.2 Å². The fourth-order valence-corrected chi connectivity index (χ4v) is 3.21. The Hall–Kier alpha value is -3.19. The van der Waals surface area contributed by atoms with Crippen LogP contribution in [0, 0.1) is 5.82 Å². The molecule has 28 heavy (non-hydrogen) atoms. The highest BCUT2D eigenvalue weighted by molar-refractivity contribution is 6.12. The van der Waals surface area contributed by atoms with Crippen molar-refractivity contribution in [2.24, 2.45) is 0 Å². The van der Waals surface area contributed by atoms with Gasteiger partial charge in [-0.2, -0.15) is 0 Å². The largest absolute Gasteiger partial charge is 0.449 e. The fraction of sp³-hybridized carbons (Fsp3) is 0.238. The molecule has 0 aliphatic carbocycles. The minimum Gasteiger partial charge on any atom is -0.449 e. The third-order valence-electron chi connectivity index (χ3n) is 4.64. The van der Waals surface area contributed by atoms with Crippen LogP contribution < -0.4 is 9.64 Å². The molecule has 0 N–H and O–H groups in total. The minimum absolute atomic E-state index is 0.0408. The van der Waals surface area contributed by atoms with Crippen molar-refractivity contribution >= 4 is 23.6 Å². The lowest BCUT2D eigenvalue weighted by Gasteiger charge is -2.33. The van der Waals surface area contributed by atoms with Gasteiger partial charge in [-0.1, -0.05) is 24.3 Å². The summed E-state index contributed by atoms with van der Waals surface area (Å²) in [6, 6.07) is 12.9. The van der Waals surface area contributed by atoms with E-state index in [0.717, 1.165) is 0 Å². The third kappa shape index (κ3) is 3.75. The molecule has 0 radical (unpaired) electrons. The van der Waals surface area contributed by atoms with E-state index in [0.29, 0.717) is 43.3 Å². The Kier molecular flexibility index (Phi) is 5.08. The molecule has 6 nitrogen and oxygen atoms in total. The second kappa shape index (κ2) is 7.82. The topological polar surface area (TPSA) is 59.1 Å². The zero-order chi connectivity index (χ0) is 19.5. The molecule has 2 amide bonds. The lowest BCUT2D eigenvalue weighted by Crippen LogP contribution is -2.48. The Morgan fingerprint density at radius 3 is 2.68 bits per heavy atom. The maximum absolute atomic E-state index is 13.5. The molecular weight excluding hydrogens is 363 g/mol. The van der Waals surface area contributed by atoms with Crippen LogP contribution in [-0.4, -0.2) is 49.6 Å². The molecule has 0 spiro atoms. The lowest BCUT2D eigenvalue weighted by atomic mass is 10.1. The van der Waals surface area contributed by atoms with Gasteiger partial charge >= 0.3 is 0 Å². The van der Waals surface area contributed by atoms with Crippen LogP contribution in [0.3, 0.4) is 0 Å². The van der Waals surface area contributed by atoms with Gasteiger partial charge in [0.1, 0.15) is 12.4 Å². The van der Waals surface area contributed by atoms with Crippen LogP contribution in [0.15, 0.2) is 54.3 Å². The van der Waals surface area contributed by atoms with E-state index in [1.165, 1.54) is 23.1 Å². The van der Waals surface area contributed by atoms with Gasteiger partial charge < -0.3 is 14.4 Å². The van der Waals surface area contributed by atoms with E-state index in [1.54, 1.807) is 41.3 Å². The number of carbonyl (C=O) groups is 2. The van der Waals surface area contributed by atoms with Crippen LogP contribution in [0.4, 0.5) is 10.1 Å². The standard InChI is InChI=1S/C21H19FN2O4/c22-16-5-3-4-15(12-16)13-19-21(26)24(17-6-1-2-7-18(17)28-19)14-20(25)23-8-10-27-11-9-23/h1-7,12-13H,8-11,14H2/b19-13+. The summed E-state index contributed by atoms with van der Waals surface area (Å²) in [6.45, 7) is 1.89. The van der Waals surface area contributed by atoms with Gasteiger partial charge in [0, 0.05) is 13.1 Å². The van der Waals surface area contributed by atoms with Gasteiger partial charge in [-0.25, -0.2) is 4.39 Å². The summed E-state index contributed by atoms with van der Waals surface area (Å²) < 4.78 is 24.5. The number of amides is 2. The molecule has 2 heterocycles. The van der Waals surface area contributed by atoms with Crippen molar-refractivity contribution in [2.45, 2.75) is 0 Å². The number of hydrogen-bond donors (Lipinski definition) is 0. The molecule has 0 atom stereocenters. The number of nitrogens with zero attached hydrogens (tertiary/aromatic N) is 2. The Bertz CT molecular complexity index is 938. The van der Waals surface area contributed by atoms with Crippen LogP contribution in [0.25, 0.3) is 6.08 Å². The fourth-order valence-electron chi connectivity index (χ4n) is 3.21. The van der Waals surface area contributed by atoms with Crippen molar-refractivity contribution in [1.29, 1.82) is 0 Å². The van der Waals surface area contributed by atoms with Crippen LogP contribution in [-0.2, 0) is 14.3 Å². The second-order valence-electron chi connectivity index (χ2n) is 6.52. The van der Waals surface area contributed by atoms with Crippen LogP contribution in [0.1, 0.15) is 5.56 Å². The molecule has 0 unspecified atom stereocenters. The number of benzene rings is 2. The minimum atomic E-state index is -0.440. The number of hydrogen-bond acceptors (Lipinski definition) is 4. The van der Waals surface area contributed by atoms with Gasteiger partial charge in [-0.15, -0.1) is 0 Å². The second-order valence-corrected chi connectivity index (χ2v) is 6.52. The SMILES string of the molecule is O=C(CN1C(=O)/C(=C\c2cccc(F)c2)Oc2ccccc21)N1CCOCC1. The summed E-state index contributed by atoms with van der Waals surface area (Å²) in [7, 11) is 0. The number of fused-ring (bicyclic) bond motifs is 1. The summed E-state index contributed by atoms with van der Waals surface area (Å²) >= 11 is 0. The molecule has 1 fully saturated rings. The van der Waals surface area contributed by atoms with Gasteiger partial charge in [0.15, 0.2) is 11.5 Å². The zero-order valence-electron chi connectivity index (χ0n) is 15.1. The van der Waals surface area contributed by atoms with E-state index in [9.17, 15) is 14.0 Å². The molecule has 0 aromatic heterocycles. The highest BCUT2D eigenvalue weighted by Crippen LogP contribution is 2.35. The monoisotopic (exact) mass is 382 g/mol. The number of rotatable bonds is 3. The van der Waals surface area contributed by atoms with E-state index < -0.39 is 11.7 Å². The summed E-state index contributed by atoms with van der Waals surface area (Å²) in [5.74, 6) is -0.487. The predicted octanol–water partition coefficient (Wildman–Crippen LogP) is 2.45. The molecule has 144 valence electrons. The number of morpholine rings is 1. The van der Waals surface area contributed by atoms with Crippen LogP contribution >= 0.6 is 0 Å². The molecule has 2 aromatic carbocycles. The number of anilines is 1.